The summed E-state index contributed by atoms with van der Waals surface area (Å²) in [6.45, 7) is 5.32. The molecule has 0 saturated carbocycles. The topological polar surface area (TPSA) is 0 Å². The molecule has 0 radical (unpaired) electrons. The van der Waals surface area contributed by atoms with Gasteiger partial charge in [-0.3, -0.25) is 0 Å². The van der Waals surface area contributed by atoms with Crippen LogP contribution in [0.2, 0.25) is 12.6 Å². The van der Waals surface area contributed by atoms with Crippen LogP contribution in [0.15, 0.2) is 48.5 Å². The van der Waals surface area contributed by atoms with Crippen molar-refractivity contribution in [2.24, 2.45) is 0 Å². The molecule has 19 heavy (non-hydrogen) atoms. The summed E-state index contributed by atoms with van der Waals surface area (Å²) < 4.78 is 0. The number of hydrogen-bond acceptors (Lipinski definition) is 0. The van der Waals surface area contributed by atoms with Crippen LogP contribution < -0.4 is 0 Å². The first-order valence-electron chi connectivity index (χ1n) is 7.44. The predicted octanol–water partition coefficient (Wildman–Crippen LogP) is 4.74. The van der Waals surface area contributed by atoms with Gasteiger partial charge in [0.2, 0.25) is 0 Å². The number of benzene rings is 2. The fourth-order valence-corrected chi connectivity index (χ4v) is 3.58. The van der Waals surface area contributed by atoms with Crippen LogP contribution in [0.4, 0.5) is 0 Å². The van der Waals surface area contributed by atoms with Crippen molar-refractivity contribution < 1.29 is 0 Å². The van der Waals surface area contributed by atoms with Crippen LogP contribution in [0.1, 0.15) is 35.0 Å². The lowest BCUT2D eigenvalue weighted by Crippen LogP contribution is -2.29. The maximum Gasteiger partial charge on any atom is 0.153 e. The zero-order chi connectivity index (χ0) is 13.2. The van der Waals surface area contributed by atoms with Gasteiger partial charge in [0.25, 0.3) is 0 Å². The fraction of sp³-hybridized carbons (Fsp3) is 0.333. The summed E-state index contributed by atoms with van der Waals surface area (Å²) >= 11 is 0. The quantitative estimate of drug-likeness (QED) is 0.673. The molecule has 1 atom stereocenters. The van der Waals surface area contributed by atoms with E-state index < -0.39 is 0 Å². The molecule has 3 rings (SSSR count). The highest BCUT2D eigenvalue weighted by Gasteiger charge is 2.31. The van der Waals surface area contributed by atoms with Gasteiger partial charge in [0, 0.05) is 0 Å². The minimum absolute atomic E-state index is 0.592. The van der Waals surface area contributed by atoms with Gasteiger partial charge in [-0.05, 0) is 35.9 Å². The predicted molar refractivity (Wildman–Crippen MR) is 84.2 cm³/mol. The van der Waals surface area contributed by atoms with E-state index in [1.807, 2.05) is 0 Å². The minimum atomic E-state index is 0.592. The Hall–Kier alpha value is -1.50. The largest absolute Gasteiger partial charge is 0.153 e. The van der Waals surface area contributed by atoms with E-state index in [0.717, 1.165) is 6.71 Å². The molecule has 1 heterocycles. The summed E-state index contributed by atoms with van der Waals surface area (Å²) in [4.78, 5) is 0. The highest BCUT2D eigenvalue weighted by molar-refractivity contribution is 6.61. The van der Waals surface area contributed by atoms with Gasteiger partial charge in [-0.1, -0.05) is 73.7 Å². The third-order valence-electron chi connectivity index (χ3n) is 4.57. The number of aryl methyl sites for hydroxylation is 2. The summed E-state index contributed by atoms with van der Waals surface area (Å²) in [5.41, 5.74) is 5.99. The van der Waals surface area contributed by atoms with Crippen molar-refractivity contribution in [1.82, 2.24) is 0 Å². The zero-order valence-electron chi connectivity index (χ0n) is 11.9. The molecular weight excluding hydrogens is 227 g/mol. The molecular formula is C18H21B. The second-order valence-electron chi connectivity index (χ2n) is 5.80. The van der Waals surface area contributed by atoms with Gasteiger partial charge in [0.1, 0.15) is 0 Å². The third kappa shape index (κ3) is 2.34. The van der Waals surface area contributed by atoms with Crippen molar-refractivity contribution in [2.45, 2.75) is 38.7 Å². The molecule has 96 valence electrons. The maximum atomic E-state index is 2.37. The van der Waals surface area contributed by atoms with Crippen LogP contribution in [0, 0.1) is 6.92 Å². The Morgan fingerprint density at radius 3 is 2.74 bits per heavy atom. The molecule has 0 aliphatic carbocycles. The molecule has 0 aromatic heterocycles. The molecule has 0 fully saturated rings. The second-order valence-corrected chi connectivity index (χ2v) is 5.80. The highest BCUT2D eigenvalue weighted by atomic mass is 14.2. The van der Waals surface area contributed by atoms with Crippen molar-refractivity contribution in [3.8, 4) is 0 Å². The Labute approximate surface area is 116 Å². The number of rotatable bonds is 2. The molecule has 1 aliphatic rings. The molecule has 0 amide bonds. The molecule has 1 heteroatoms. The van der Waals surface area contributed by atoms with E-state index in [-0.39, 0.29) is 0 Å². The van der Waals surface area contributed by atoms with Crippen molar-refractivity contribution in [1.29, 1.82) is 0 Å². The Balaban J connectivity index is 2.10. The first-order chi connectivity index (χ1) is 9.29. The molecule has 0 nitrogen and oxygen atoms in total. The standard InChI is InChI=1S/C18H21B/c1-3-19-12-11-15-8-4-5-10-17(15)18(19)16-9-6-7-14(2)13-16/h4-10,13,18H,3,11-12H2,1-2H3. The van der Waals surface area contributed by atoms with Crippen molar-refractivity contribution in [3.63, 3.8) is 0 Å². The van der Waals surface area contributed by atoms with Crippen molar-refractivity contribution in [2.75, 3.05) is 0 Å². The molecule has 2 aromatic rings. The van der Waals surface area contributed by atoms with Crippen LogP contribution in [-0.2, 0) is 6.42 Å². The van der Waals surface area contributed by atoms with E-state index in [2.05, 4.69) is 62.4 Å². The minimum Gasteiger partial charge on any atom is -0.0762 e. The van der Waals surface area contributed by atoms with Crippen LogP contribution in [0.5, 0.6) is 0 Å². The maximum absolute atomic E-state index is 2.37. The summed E-state index contributed by atoms with van der Waals surface area (Å²) in [5, 5.41) is 0. The normalized spacial score (nSPS) is 18.2. The third-order valence-corrected chi connectivity index (χ3v) is 4.57. The van der Waals surface area contributed by atoms with Gasteiger partial charge in [-0.15, -0.1) is 0 Å². The van der Waals surface area contributed by atoms with E-state index >= 15 is 0 Å². The second kappa shape index (κ2) is 5.24. The Morgan fingerprint density at radius 1 is 1.11 bits per heavy atom. The number of fused-ring (bicyclic) bond motifs is 1. The Morgan fingerprint density at radius 2 is 1.95 bits per heavy atom. The fourth-order valence-electron chi connectivity index (χ4n) is 3.58. The lowest BCUT2D eigenvalue weighted by atomic mass is 9.32. The summed E-state index contributed by atoms with van der Waals surface area (Å²) in [5.74, 6) is 0.592. The molecule has 2 aromatic carbocycles. The first kappa shape index (κ1) is 12.5. The van der Waals surface area contributed by atoms with E-state index in [4.69, 9.17) is 0 Å². The highest BCUT2D eigenvalue weighted by Crippen LogP contribution is 2.37. The molecule has 1 aliphatic heterocycles. The monoisotopic (exact) mass is 248 g/mol. The summed E-state index contributed by atoms with van der Waals surface area (Å²) in [7, 11) is 0. The van der Waals surface area contributed by atoms with Crippen molar-refractivity contribution >= 4 is 6.71 Å². The van der Waals surface area contributed by atoms with Gasteiger partial charge >= 0.3 is 0 Å². The lowest BCUT2D eigenvalue weighted by molar-refractivity contribution is 0.929. The number of hydrogen-bond donors (Lipinski definition) is 0. The SMILES string of the molecule is CCB1CCc2ccccc2C1c1cccc(C)c1. The average molecular weight is 248 g/mol. The summed E-state index contributed by atoms with van der Waals surface area (Å²) in [6.07, 6.45) is 3.84. The van der Waals surface area contributed by atoms with Gasteiger partial charge in [0.05, 0.1) is 0 Å². The van der Waals surface area contributed by atoms with Crippen LogP contribution in [0.25, 0.3) is 0 Å². The Kier molecular flexibility index (Phi) is 3.46. The molecule has 0 spiro atoms. The van der Waals surface area contributed by atoms with E-state index in [9.17, 15) is 0 Å². The molecule has 0 bridgehead atoms. The van der Waals surface area contributed by atoms with E-state index in [1.54, 1.807) is 11.1 Å². The van der Waals surface area contributed by atoms with Gasteiger partial charge in [-0.25, -0.2) is 0 Å². The summed E-state index contributed by atoms with van der Waals surface area (Å²) in [6, 6.07) is 18.1. The van der Waals surface area contributed by atoms with Gasteiger partial charge in [0.15, 0.2) is 6.71 Å². The van der Waals surface area contributed by atoms with E-state index in [0.29, 0.717) is 5.82 Å². The molecule has 0 N–H and O–H groups in total. The Bertz CT molecular complexity index is 573. The molecule has 0 saturated heterocycles. The zero-order valence-corrected chi connectivity index (χ0v) is 11.9. The van der Waals surface area contributed by atoms with E-state index in [1.165, 1.54) is 30.2 Å². The van der Waals surface area contributed by atoms with Crippen LogP contribution in [0.3, 0.4) is 0 Å². The van der Waals surface area contributed by atoms with Crippen LogP contribution >= 0.6 is 0 Å². The first-order valence-corrected chi connectivity index (χ1v) is 7.44. The van der Waals surface area contributed by atoms with Crippen LogP contribution in [-0.4, -0.2) is 6.71 Å². The van der Waals surface area contributed by atoms with Crippen molar-refractivity contribution in [3.05, 3.63) is 70.8 Å². The lowest BCUT2D eigenvalue weighted by Gasteiger charge is -2.31. The smallest absolute Gasteiger partial charge is 0.0762 e. The van der Waals surface area contributed by atoms with Gasteiger partial charge in [-0.2, -0.15) is 0 Å². The average Bonchev–Trinajstić information content (AvgIpc) is 2.46. The van der Waals surface area contributed by atoms with Gasteiger partial charge < -0.3 is 0 Å². The molecule has 1 unspecified atom stereocenters.